The Morgan fingerprint density at radius 2 is 1.86 bits per heavy atom. The van der Waals surface area contributed by atoms with Crippen LogP contribution in [-0.4, -0.2) is 65.7 Å². The number of pyridine rings is 1. The fourth-order valence-corrected chi connectivity index (χ4v) is 4.54. The number of amides is 1. The minimum absolute atomic E-state index is 0.00224. The number of hydrogen-bond acceptors (Lipinski definition) is 8. The number of aliphatic hydroxyl groups excluding tert-OH is 1. The van der Waals surface area contributed by atoms with Gasteiger partial charge in [-0.2, -0.15) is 8.78 Å². The molecular weight excluding hydrogens is 549 g/mol. The van der Waals surface area contributed by atoms with Gasteiger partial charge in [0.15, 0.2) is 0 Å². The lowest BCUT2D eigenvalue weighted by molar-refractivity contribution is -0.128. The van der Waals surface area contributed by atoms with Gasteiger partial charge in [0.05, 0.1) is 42.5 Å². The zero-order valence-electron chi connectivity index (χ0n) is 24.2. The van der Waals surface area contributed by atoms with Crippen molar-refractivity contribution in [2.24, 2.45) is 0 Å². The molecule has 0 saturated carbocycles. The van der Waals surface area contributed by atoms with Gasteiger partial charge in [0.25, 0.3) is 5.92 Å². The monoisotopic (exact) mass is 582 g/mol. The zero-order chi connectivity index (χ0) is 30.8. The van der Waals surface area contributed by atoms with Crippen LogP contribution >= 0.6 is 0 Å². The third kappa shape index (κ3) is 6.23. The van der Waals surface area contributed by atoms with Crippen LogP contribution in [-0.2, 0) is 17.1 Å². The Morgan fingerprint density at radius 3 is 2.52 bits per heavy atom. The summed E-state index contributed by atoms with van der Waals surface area (Å²) in [5, 5.41) is 12.8. The van der Waals surface area contributed by atoms with Crippen molar-refractivity contribution in [3.8, 4) is 5.88 Å². The predicted octanol–water partition coefficient (Wildman–Crippen LogP) is 5.14. The first kappa shape index (κ1) is 30.5. The minimum atomic E-state index is -3.71. The van der Waals surface area contributed by atoms with E-state index < -0.39 is 30.0 Å². The molecule has 0 aliphatic carbocycles. The third-order valence-corrected chi connectivity index (χ3v) is 6.95. The Balaban J connectivity index is 1.70. The molecule has 0 unspecified atom stereocenters. The molecular formula is C30H33F3N6O3. The molecule has 12 heteroatoms. The summed E-state index contributed by atoms with van der Waals surface area (Å²) in [5.41, 5.74) is 1.84. The summed E-state index contributed by atoms with van der Waals surface area (Å²) in [5.74, 6) is -3.69. The predicted molar refractivity (Wildman–Crippen MR) is 155 cm³/mol. The van der Waals surface area contributed by atoms with Crippen molar-refractivity contribution < 1.29 is 27.8 Å². The van der Waals surface area contributed by atoms with Gasteiger partial charge in [-0.25, -0.2) is 19.3 Å². The summed E-state index contributed by atoms with van der Waals surface area (Å²) in [7, 11) is 6.70. The summed E-state index contributed by atoms with van der Waals surface area (Å²) < 4.78 is 48.8. The van der Waals surface area contributed by atoms with Crippen LogP contribution < -0.4 is 15.0 Å². The van der Waals surface area contributed by atoms with Crippen LogP contribution in [0.15, 0.2) is 48.7 Å². The molecule has 0 saturated heterocycles. The molecule has 0 aliphatic rings. The molecule has 2 aromatic heterocycles. The van der Waals surface area contributed by atoms with Crippen molar-refractivity contribution in [3.05, 3.63) is 77.0 Å². The van der Waals surface area contributed by atoms with E-state index in [1.165, 1.54) is 24.1 Å². The number of aryl methyl sites for hydroxylation is 1. The lowest BCUT2D eigenvalue weighted by Gasteiger charge is -2.23. The number of methoxy groups -OCH3 is 1. The van der Waals surface area contributed by atoms with E-state index in [1.807, 2.05) is 36.2 Å². The highest BCUT2D eigenvalue weighted by Crippen LogP contribution is 2.35. The van der Waals surface area contributed by atoms with E-state index in [0.29, 0.717) is 39.7 Å². The molecule has 42 heavy (non-hydrogen) atoms. The number of hydrogen-bond donors (Lipinski definition) is 2. The molecule has 1 atom stereocenters. The maximum atomic E-state index is 15.2. The second kappa shape index (κ2) is 12.2. The molecule has 2 N–H and O–H groups in total. The average Bonchev–Trinajstić information content (AvgIpc) is 2.96. The molecule has 0 radical (unpaired) electrons. The van der Waals surface area contributed by atoms with Crippen LogP contribution in [0.3, 0.4) is 0 Å². The first-order valence-electron chi connectivity index (χ1n) is 13.2. The van der Waals surface area contributed by atoms with Gasteiger partial charge in [0, 0.05) is 43.3 Å². The van der Waals surface area contributed by atoms with Crippen LogP contribution in [0.5, 0.6) is 5.88 Å². The lowest BCUT2D eigenvalue weighted by atomic mass is 10.00. The third-order valence-electron chi connectivity index (χ3n) is 6.95. The topological polar surface area (TPSA) is 104 Å². The Hall–Kier alpha value is -4.45. The number of aromatic nitrogens is 3. The van der Waals surface area contributed by atoms with Crippen LogP contribution in [0.2, 0.25) is 0 Å². The van der Waals surface area contributed by atoms with Crippen LogP contribution in [0.25, 0.3) is 10.9 Å². The number of fused-ring (bicyclic) bond motifs is 1. The van der Waals surface area contributed by atoms with Gasteiger partial charge in [-0.1, -0.05) is 12.1 Å². The van der Waals surface area contributed by atoms with Gasteiger partial charge in [-0.05, 0) is 44.2 Å². The fraction of sp³-hybridized carbons (Fsp3) is 0.333. The standard InChI is InChI=1S/C30H33F3N6O3/c1-17(22-8-7-9-24(27(22)31)30(32,33)16-40)35-28-23-14-20(10-11-25(23)36-18(2)37-28)39(5)21-12-19(13-26(41)38(3)4)29(42-6)34-15-21/h7-12,14-15,17,40H,13,16H2,1-6H3,(H,35,36,37)/t17-/m1/s1. The number of carbonyl (C=O) groups excluding carboxylic acids is 1. The Kier molecular flexibility index (Phi) is 8.86. The van der Waals surface area contributed by atoms with Crippen molar-refractivity contribution in [1.29, 1.82) is 0 Å². The minimum Gasteiger partial charge on any atom is -0.481 e. The summed E-state index contributed by atoms with van der Waals surface area (Å²) in [6.45, 7) is 1.86. The highest BCUT2D eigenvalue weighted by Gasteiger charge is 2.35. The number of alkyl halides is 2. The molecule has 222 valence electrons. The normalized spacial score (nSPS) is 12.2. The fourth-order valence-electron chi connectivity index (χ4n) is 4.54. The van der Waals surface area contributed by atoms with Crippen molar-refractivity contribution >= 4 is 34.0 Å². The number of ether oxygens (including phenoxy) is 1. The first-order valence-corrected chi connectivity index (χ1v) is 13.2. The smallest absolute Gasteiger partial charge is 0.298 e. The van der Waals surface area contributed by atoms with E-state index in [1.54, 1.807) is 34.1 Å². The Labute approximate surface area is 242 Å². The summed E-state index contributed by atoms with van der Waals surface area (Å²) in [6.07, 6.45) is 1.75. The maximum absolute atomic E-state index is 15.2. The number of halogens is 3. The molecule has 2 heterocycles. The van der Waals surface area contributed by atoms with Crippen LogP contribution in [0.1, 0.15) is 35.5 Å². The summed E-state index contributed by atoms with van der Waals surface area (Å²) >= 11 is 0. The Morgan fingerprint density at radius 1 is 1.12 bits per heavy atom. The molecule has 4 rings (SSSR count). The molecule has 9 nitrogen and oxygen atoms in total. The number of anilines is 3. The number of carbonyl (C=O) groups is 1. The second-order valence-electron chi connectivity index (χ2n) is 10.1. The second-order valence-corrected chi connectivity index (χ2v) is 10.1. The van der Waals surface area contributed by atoms with Gasteiger partial charge < -0.3 is 25.0 Å². The number of aliphatic hydroxyl groups is 1. The van der Waals surface area contributed by atoms with E-state index in [0.717, 1.165) is 11.8 Å². The van der Waals surface area contributed by atoms with Crippen molar-refractivity contribution in [2.75, 3.05) is 45.1 Å². The van der Waals surface area contributed by atoms with E-state index in [4.69, 9.17) is 9.84 Å². The largest absolute Gasteiger partial charge is 0.481 e. The molecule has 4 aromatic rings. The number of nitrogens with one attached hydrogen (secondary N) is 1. The summed E-state index contributed by atoms with van der Waals surface area (Å²) in [6, 6.07) is 10.3. The number of benzene rings is 2. The van der Waals surface area contributed by atoms with Crippen LogP contribution in [0, 0.1) is 12.7 Å². The van der Waals surface area contributed by atoms with E-state index in [2.05, 4.69) is 20.3 Å². The highest BCUT2D eigenvalue weighted by molar-refractivity contribution is 5.92. The maximum Gasteiger partial charge on any atom is 0.298 e. The Bertz CT molecular complexity index is 1620. The van der Waals surface area contributed by atoms with E-state index in [-0.39, 0.29) is 17.9 Å². The van der Waals surface area contributed by atoms with Crippen LogP contribution in [0.4, 0.5) is 30.4 Å². The molecule has 0 spiro atoms. The van der Waals surface area contributed by atoms with E-state index in [9.17, 15) is 13.6 Å². The van der Waals surface area contributed by atoms with E-state index >= 15 is 4.39 Å². The lowest BCUT2D eigenvalue weighted by Crippen LogP contribution is -2.24. The number of rotatable bonds is 10. The van der Waals surface area contributed by atoms with Crippen molar-refractivity contribution in [3.63, 3.8) is 0 Å². The molecule has 1 amide bonds. The summed E-state index contributed by atoms with van der Waals surface area (Å²) in [4.78, 5) is 29.2. The molecule has 2 aromatic carbocycles. The van der Waals surface area contributed by atoms with Gasteiger partial charge in [0.2, 0.25) is 11.8 Å². The number of likely N-dealkylation sites (N-methyl/N-ethyl adjacent to an activating group) is 1. The van der Waals surface area contributed by atoms with Gasteiger partial charge in [0.1, 0.15) is 24.1 Å². The van der Waals surface area contributed by atoms with Gasteiger partial charge in [-0.3, -0.25) is 4.79 Å². The first-order chi connectivity index (χ1) is 19.9. The zero-order valence-corrected chi connectivity index (χ0v) is 24.2. The SMILES string of the molecule is COc1ncc(N(C)c2ccc3nc(C)nc(N[C@H](C)c4cccc(C(F)(F)CO)c4F)c3c2)cc1CC(=O)N(C)C. The van der Waals surface area contributed by atoms with Gasteiger partial charge >= 0.3 is 0 Å². The quantitative estimate of drug-likeness (QED) is 0.265. The van der Waals surface area contributed by atoms with Crippen molar-refractivity contribution in [2.45, 2.75) is 32.2 Å². The molecule has 0 fully saturated rings. The van der Waals surface area contributed by atoms with Crippen molar-refractivity contribution in [1.82, 2.24) is 19.9 Å². The highest BCUT2D eigenvalue weighted by atomic mass is 19.3. The number of nitrogens with zero attached hydrogens (tertiary/aromatic N) is 5. The molecule has 0 bridgehead atoms. The van der Waals surface area contributed by atoms with Gasteiger partial charge in [-0.15, -0.1) is 0 Å². The molecule has 0 aliphatic heterocycles. The average molecular weight is 583 g/mol.